The number of hydrogen-bond acceptors (Lipinski definition) is 4. The summed E-state index contributed by atoms with van der Waals surface area (Å²) in [5, 5.41) is 5.53. The van der Waals surface area contributed by atoms with Gasteiger partial charge < -0.3 is 5.32 Å². The Labute approximate surface area is 99.1 Å². The highest BCUT2D eigenvalue weighted by molar-refractivity contribution is 9.11. The Morgan fingerprint density at radius 2 is 2.29 bits per heavy atom. The molecular weight excluding hydrogens is 280 g/mol. The average Bonchev–Trinajstić information content (AvgIpc) is 2.77. The summed E-state index contributed by atoms with van der Waals surface area (Å²) in [4.78, 5) is 5.30. The molecular formula is C9H9BrN2S2. The van der Waals surface area contributed by atoms with Gasteiger partial charge in [0.1, 0.15) is 0 Å². The van der Waals surface area contributed by atoms with Gasteiger partial charge in [0.15, 0.2) is 0 Å². The minimum Gasteiger partial charge on any atom is -0.308 e. The van der Waals surface area contributed by atoms with Crippen molar-refractivity contribution in [2.45, 2.75) is 13.1 Å². The van der Waals surface area contributed by atoms with E-state index in [2.05, 4.69) is 37.7 Å². The van der Waals surface area contributed by atoms with Gasteiger partial charge in [-0.2, -0.15) is 0 Å². The van der Waals surface area contributed by atoms with Crippen LogP contribution in [0.2, 0.25) is 0 Å². The van der Waals surface area contributed by atoms with Crippen LogP contribution in [0.1, 0.15) is 10.4 Å². The second-order valence-electron chi connectivity index (χ2n) is 2.83. The smallest absolute Gasteiger partial charge is 0.0794 e. The maximum absolute atomic E-state index is 4.03. The second-order valence-corrected chi connectivity index (χ2v) is 6.09. The molecule has 0 aliphatic heterocycles. The quantitative estimate of drug-likeness (QED) is 0.934. The number of nitrogens with zero attached hydrogens (tertiary/aromatic N) is 1. The molecule has 0 saturated heterocycles. The van der Waals surface area contributed by atoms with E-state index in [0.29, 0.717) is 0 Å². The van der Waals surface area contributed by atoms with Crippen molar-refractivity contribution in [3.63, 3.8) is 0 Å². The highest BCUT2D eigenvalue weighted by Gasteiger charge is 1.97. The molecule has 0 amide bonds. The number of halogens is 1. The van der Waals surface area contributed by atoms with Crippen LogP contribution in [0.15, 0.2) is 26.9 Å². The normalized spacial score (nSPS) is 10.6. The highest BCUT2D eigenvalue weighted by atomic mass is 79.9. The summed E-state index contributed by atoms with van der Waals surface area (Å²) in [6.07, 6.45) is 1.90. The van der Waals surface area contributed by atoms with Crippen LogP contribution in [0.5, 0.6) is 0 Å². The summed E-state index contributed by atoms with van der Waals surface area (Å²) in [6, 6.07) is 2.14. The van der Waals surface area contributed by atoms with Crippen LogP contribution in [0, 0.1) is 0 Å². The van der Waals surface area contributed by atoms with Crippen molar-refractivity contribution in [3.8, 4) is 0 Å². The fourth-order valence-corrected chi connectivity index (χ4v) is 2.87. The molecule has 0 aromatic carbocycles. The number of aromatic nitrogens is 1. The van der Waals surface area contributed by atoms with Gasteiger partial charge in [-0.25, -0.2) is 0 Å². The van der Waals surface area contributed by atoms with Crippen molar-refractivity contribution in [2.75, 3.05) is 0 Å². The van der Waals surface area contributed by atoms with Gasteiger partial charge in [-0.15, -0.1) is 22.7 Å². The predicted octanol–water partition coefficient (Wildman–Crippen LogP) is 3.26. The van der Waals surface area contributed by atoms with E-state index < -0.39 is 0 Å². The first-order valence-corrected chi connectivity index (χ1v) is 6.71. The largest absolute Gasteiger partial charge is 0.308 e. The molecule has 14 heavy (non-hydrogen) atoms. The molecule has 0 unspecified atom stereocenters. The molecule has 0 radical (unpaired) electrons. The second kappa shape index (κ2) is 5.02. The van der Waals surface area contributed by atoms with Gasteiger partial charge in [-0.3, -0.25) is 4.98 Å². The fourth-order valence-electron chi connectivity index (χ4n) is 1.10. The molecule has 0 spiro atoms. The zero-order valence-corrected chi connectivity index (χ0v) is 10.6. The lowest BCUT2D eigenvalue weighted by Gasteiger charge is -1.99. The van der Waals surface area contributed by atoms with Gasteiger partial charge in [-0.05, 0) is 32.9 Å². The Bertz CT molecular complexity index is 383. The fraction of sp³-hybridized carbons (Fsp3) is 0.222. The third-order valence-electron chi connectivity index (χ3n) is 1.73. The molecule has 2 nitrogen and oxygen atoms in total. The van der Waals surface area contributed by atoms with E-state index in [1.165, 1.54) is 14.2 Å². The van der Waals surface area contributed by atoms with E-state index in [-0.39, 0.29) is 0 Å². The summed E-state index contributed by atoms with van der Waals surface area (Å²) in [5.74, 6) is 0. The Morgan fingerprint density at radius 1 is 1.36 bits per heavy atom. The Morgan fingerprint density at radius 3 is 2.93 bits per heavy atom. The summed E-state index contributed by atoms with van der Waals surface area (Å²) < 4.78 is 1.19. The third-order valence-corrected chi connectivity index (χ3v) is 4.07. The lowest BCUT2D eigenvalue weighted by molar-refractivity contribution is 0.701. The maximum atomic E-state index is 4.03. The zero-order chi connectivity index (χ0) is 9.80. The summed E-state index contributed by atoms with van der Waals surface area (Å²) in [5.41, 5.74) is 3.18. The van der Waals surface area contributed by atoms with Crippen LogP contribution in [0.25, 0.3) is 0 Å². The van der Waals surface area contributed by atoms with E-state index in [4.69, 9.17) is 0 Å². The van der Waals surface area contributed by atoms with E-state index >= 15 is 0 Å². The van der Waals surface area contributed by atoms with Crippen molar-refractivity contribution in [2.24, 2.45) is 0 Å². The summed E-state index contributed by atoms with van der Waals surface area (Å²) >= 11 is 6.85. The van der Waals surface area contributed by atoms with Crippen LogP contribution in [0.3, 0.4) is 0 Å². The third kappa shape index (κ3) is 2.88. The van der Waals surface area contributed by atoms with E-state index in [9.17, 15) is 0 Å². The lowest BCUT2D eigenvalue weighted by Crippen LogP contribution is -2.10. The van der Waals surface area contributed by atoms with Gasteiger partial charge in [0, 0.05) is 24.2 Å². The van der Waals surface area contributed by atoms with Gasteiger partial charge >= 0.3 is 0 Å². The molecule has 2 aromatic rings. The molecule has 5 heteroatoms. The van der Waals surface area contributed by atoms with E-state index in [1.54, 1.807) is 22.7 Å². The van der Waals surface area contributed by atoms with Crippen molar-refractivity contribution in [1.29, 1.82) is 0 Å². The number of hydrogen-bond donors (Lipinski definition) is 1. The summed E-state index contributed by atoms with van der Waals surface area (Å²) in [6.45, 7) is 1.82. The molecule has 0 aliphatic carbocycles. The van der Waals surface area contributed by atoms with Crippen LogP contribution >= 0.6 is 38.6 Å². The highest BCUT2D eigenvalue weighted by Crippen LogP contribution is 2.20. The standard InChI is InChI=1S/C9H9BrN2S2/c10-9-1-7(5-13-9)2-11-3-8-4-12-6-14-8/h1,4-6,11H,2-3H2. The Hall–Kier alpha value is -0.230. The van der Waals surface area contributed by atoms with Crippen LogP contribution in [-0.2, 0) is 13.1 Å². The van der Waals surface area contributed by atoms with Gasteiger partial charge in [0.05, 0.1) is 9.30 Å². The Balaban J connectivity index is 1.78. The molecule has 0 saturated carbocycles. The van der Waals surface area contributed by atoms with Crippen LogP contribution < -0.4 is 5.32 Å². The van der Waals surface area contributed by atoms with Crippen LogP contribution in [0.4, 0.5) is 0 Å². The Kier molecular flexibility index (Phi) is 3.69. The van der Waals surface area contributed by atoms with Crippen molar-refractivity contribution < 1.29 is 0 Å². The monoisotopic (exact) mass is 288 g/mol. The van der Waals surface area contributed by atoms with Gasteiger partial charge in [0.2, 0.25) is 0 Å². The number of thiophene rings is 1. The van der Waals surface area contributed by atoms with Crippen molar-refractivity contribution in [1.82, 2.24) is 10.3 Å². The first-order valence-electron chi connectivity index (χ1n) is 4.15. The first kappa shape index (κ1) is 10.3. The average molecular weight is 289 g/mol. The molecule has 0 aliphatic rings. The van der Waals surface area contributed by atoms with E-state index in [0.717, 1.165) is 13.1 Å². The molecule has 2 aromatic heterocycles. The van der Waals surface area contributed by atoms with Crippen molar-refractivity contribution in [3.05, 3.63) is 37.4 Å². The first-order chi connectivity index (χ1) is 6.84. The minimum absolute atomic E-state index is 0.901. The topological polar surface area (TPSA) is 24.9 Å². The maximum Gasteiger partial charge on any atom is 0.0794 e. The van der Waals surface area contributed by atoms with Gasteiger partial charge in [0.25, 0.3) is 0 Å². The molecule has 2 heterocycles. The molecule has 74 valence electrons. The molecule has 1 N–H and O–H groups in total. The lowest BCUT2D eigenvalue weighted by atomic mass is 10.3. The van der Waals surface area contributed by atoms with Crippen LogP contribution in [-0.4, -0.2) is 4.98 Å². The number of thiazole rings is 1. The molecule has 0 atom stereocenters. The van der Waals surface area contributed by atoms with Gasteiger partial charge in [-0.1, -0.05) is 0 Å². The predicted molar refractivity (Wildman–Crippen MR) is 64.7 cm³/mol. The summed E-state index contributed by atoms with van der Waals surface area (Å²) in [7, 11) is 0. The molecule has 0 fully saturated rings. The number of nitrogens with one attached hydrogen (secondary N) is 1. The SMILES string of the molecule is Brc1cc(CNCc2cncs2)cs1. The zero-order valence-electron chi connectivity index (χ0n) is 7.37. The van der Waals surface area contributed by atoms with Crippen molar-refractivity contribution >= 4 is 38.6 Å². The number of rotatable bonds is 4. The molecule has 0 bridgehead atoms. The van der Waals surface area contributed by atoms with E-state index in [1.807, 2.05) is 11.7 Å². The minimum atomic E-state index is 0.901. The molecule has 2 rings (SSSR count).